The van der Waals surface area contributed by atoms with E-state index in [9.17, 15) is 14.7 Å². The number of anilines is 1. The van der Waals surface area contributed by atoms with E-state index in [-0.39, 0.29) is 16.5 Å². The molecule has 2 heterocycles. The largest absolute Gasteiger partial charge is 0.507 e. The predicted octanol–water partition coefficient (Wildman–Crippen LogP) is 9.15. The van der Waals surface area contributed by atoms with Crippen molar-refractivity contribution in [1.82, 2.24) is 10.2 Å². The third kappa shape index (κ3) is 6.44. The highest BCUT2D eigenvalue weighted by atomic mass is 35.5. The van der Waals surface area contributed by atoms with Crippen LogP contribution in [0.3, 0.4) is 0 Å². The zero-order chi connectivity index (χ0) is 33.2. The van der Waals surface area contributed by atoms with Crippen LogP contribution in [0.15, 0.2) is 125 Å². The number of carbonyl (C=O) groups excluding carboxylic acids is 2. The number of rotatable bonds is 9. The molecular formula is C38H28ClN3O4S2. The molecule has 1 aliphatic heterocycles. The maximum absolute atomic E-state index is 13.7. The Bertz CT molecular complexity index is 2180. The molecule has 1 N–H and O–H groups in total. The molecule has 7 nitrogen and oxygen atoms in total. The van der Waals surface area contributed by atoms with E-state index in [0.29, 0.717) is 38.6 Å². The Kier molecular flexibility index (Phi) is 8.99. The number of benzene rings is 5. The smallest absolute Gasteiger partial charge is 0.301 e. The lowest BCUT2D eigenvalue weighted by atomic mass is 9.95. The van der Waals surface area contributed by atoms with Gasteiger partial charge in [-0.25, -0.2) is 0 Å². The Morgan fingerprint density at radius 1 is 0.917 bits per heavy atom. The summed E-state index contributed by atoms with van der Waals surface area (Å²) in [6.07, 6.45) is 0. The topological polar surface area (TPSA) is 92.6 Å². The van der Waals surface area contributed by atoms with Gasteiger partial charge in [0.05, 0.1) is 11.6 Å². The Morgan fingerprint density at radius 3 is 2.46 bits per heavy atom. The van der Waals surface area contributed by atoms with E-state index in [1.54, 1.807) is 48.5 Å². The Balaban J connectivity index is 1.17. The summed E-state index contributed by atoms with van der Waals surface area (Å²) in [5.41, 5.74) is 4.26. The fraction of sp³-hybridized carbons (Fsp3) is 0.105. The number of Topliss-reactive ketones (excluding diaryl/α,β-unsaturated/α-hetero) is 1. The first kappa shape index (κ1) is 31.6. The van der Waals surface area contributed by atoms with Crippen LogP contribution in [0, 0.1) is 6.92 Å². The number of aromatic nitrogens is 2. The number of aliphatic hydroxyl groups is 1. The van der Waals surface area contributed by atoms with Crippen LogP contribution in [-0.2, 0) is 21.9 Å². The minimum Gasteiger partial charge on any atom is -0.507 e. The van der Waals surface area contributed by atoms with Gasteiger partial charge >= 0.3 is 5.91 Å². The number of ether oxygens (including phenoxy) is 1. The maximum Gasteiger partial charge on any atom is 0.301 e. The summed E-state index contributed by atoms with van der Waals surface area (Å²) in [6.45, 7) is 2.41. The number of aliphatic hydroxyl groups excluding tert-OH is 1. The van der Waals surface area contributed by atoms with Crippen LogP contribution < -0.4 is 9.64 Å². The molecule has 1 fully saturated rings. The summed E-state index contributed by atoms with van der Waals surface area (Å²) in [5.74, 6) is -0.648. The lowest BCUT2D eigenvalue weighted by molar-refractivity contribution is -0.132. The molecule has 1 unspecified atom stereocenters. The molecule has 10 heteroatoms. The van der Waals surface area contributed by atoms with Crippen molar-refractivity contribution in [3.05, 3.63) is 154 Å². The number of hydrogen-bond acceptors (Lipinski definition) is 8. The average Bonchev–Trinajstić information content (AvgIpc) is 3.68. The van der Waals surface area contributed by atoms with Crippen LogP contribution in [0.5, 0.6) is 5.75 Å². The van der Waals surface area contributed by atoms with E-state index >= 15 is 0 Å². The summed E-state index contributed by atoms with van der Waals surface area (Å²) in [5, 5.41) is 23.3. The molecule has 0 bridgehead atoms. The predicted molar refractivity (Wildman–Crippen MR) is 192 cm³/mol. The molecule has 1 amide bonds. The highest BCUT2D eigenvalue weighted by Gasteiger charge is 2.48. The van der Waals surface area contributed by atoms with Gasteiger partial charge in [0.2, 0.25) is 5.13 Å². The van der Waals surface area contributed by atoms with Crippen molar-refractivity contribution in [3.8, 4) is 5.75 Å². The third-order valence-corrected chi connectivity index (χ3v) is 10.4. The van der Waals surface area contributed by atoms with E-state index in [0.717, 1.165) is 27.5 Å². The monoisotopic (exact) mass is 689 g/mol. The SMILES string of the molecule is Cc1cccc(COc2ccc(C(O)=C3C(=O)C(=O)N(c4nnc(SCc5cccc6ccccc56)s4)C3c3ccc(Cl)cc3)cc2)c1. The van der Waals surface area contributed by atoms with Crippen LogP contribution in [0.2, 0.25) is 5.02 Å². The van der Waals surface area contributed by atoms with Gasteiger partial charge < -0.3 is 9.84 Å². The number of nitrogens with zero attached hydrogens (tertiary/aromatic N) is 3. The average molecular weight is 690 g/mol. The summed E-state index contributed by atoms with van der Waals surface area (Å²) < 4.78 is 6.59. The van der Waals surface area contributed by atoms with Gasteiger partial charge in [0.25, 0.3) is 5.78 Å². The van der Waals surface area contributed by atoms with Crippen LogP contribution in [0.1, 0.15) is 33.9 Å². The molecule has 0 spiro atoms. The Labute approximate surface area is 290 Å². The Hall–Kier alpha value is -4.96. The normalized spacial score (nSPS) is 15.7. The molecule has 0 aliphatic carbocycles. The number of carbonyl (C=O) groups is 2. The van der Waals surface area contributed by atoms with Crippen LogP contribution in [-0.4, -0.2) is 27.0 Å². The van der Waals surface area contributed by atoms with E-state index in [4.69, 9.17) is 16.3 Å². The summed E-state index contributed by atoms with van der Waals surface area (Å²) in [7, 11) is 0. The first-order chi connectivity index (χ1) is 23.4. The molecule has 6 aromatic rings. The van der Waals surface area contributed by atoms with Crippen molar-refractivity contribution >= 4 is 68.1 Å². The molecule has 7 rings (SSSR count). The first-order valence-electron chi connectivity index (χ1n) is 15.1. The summed E-state index contributed by atoms with van der Waals surface area (Å²) in [4.78, 5) is 28.6. The third-order valence-electron chi connectivity index (χ3n) is 8.08. The molecule has 0 saturated carbocycles. The lowest BCUT2D eigenvalue weighted by Crippen LogP contribution is -2.29. The minimum absolute atomic E-state index is 0.0455. The second kappa shape index (κ2) is 13.6. The van der Waals surface area contributed by atoms with E-state index < -0.39 is 17.7 Å². The van der Waals surface area contributed by atoms with Gasteiger partial charge in [-0.05, 0) is 70.8 Å². The van der Waals surface area contributed by atoms with Crippen LogP contribution in [0.4, 0.5) is 5.13 Å². The summed E-state index contributed by atoms with van der Waals surface area (Å²) in [6, 6.07) is 35.1. The molecule has 238 valence electrons. The van der Waals surface area contributed by atoms with Crippen molar-refractivity contribution in [2.45, 2.75) is 29.7 Å². The highest BCUT2D eigenvalue weighted by molar-refractivity contribution is 8.00. The van der Waals surface area contributed by atoms with Crippen molar-refractivity contribution in [2.24, 2.45) is 0 Å². The van der Waals surface area contributed by atoms with Crippen molar-refractivity contribution in [2.75, 3.05) is 4.90 Å². The second-order valence-electron chi connectivity index (χ2n) is 11.3. The Morgan fingerprint density at radius 2 is 1.67 bits per heavy atom. The van der Waals surface area contributed by atoms with Gasteiger partial charge in [-0.2, -0.15) is 0 Å². The first-order valence-corrected chi connectivity index (χ1v) is 17.3. The van der Waals surface area contributed by atoms with Crippen molar-refractivity contribution in [3.63, 3.8) is 0 Å². The molecule has 1 aromatic heterocycles. The fourth-order valence-corrected chi connectivity index (χ4v) is 7.74. The molecule has 1 atom stereocenters. The van der Waals surface area contributed by atoms with Gasteiger partial charge in [-0.15, -0.1) is 10.2 Å². The van der Waals surface area contributed by atoms with Crippen LogP contribution in [0.25, 0.3) is 16.5 Å². The number of aryl methyl sites for hydroxylation is 1. The van der Waals surface area contributed by atoms with Gasteiger partial charge in [-0.1, -0.05) is 119 Å². The van der Waals surface area contributed by atoms with Gasteiger partial charge in [0.15, 0.2) is 4.34 Å². The van der Waals surface area contributed by atoms with Crippen molar-refractivity contribution in [1.29, 1.82) is 0 Å². The quantitative estimate of drug-likeness (QED) is 0.0532. The zero-order valence-electron chi connectivity index (χ0n) is 25.7. The number of hydrogen-bond donors (Lipinski definition) is 1. The van der Waals surface area contributed by atoms with Crippen LogP contribution >= 0.6 is 34.7 Å². The minimum atomic E-state index is -0.941. The molecule has 0 radical (unpaired) electrons. The fourth-order valence-electron chi connectivity index (χ4n) is 5.74. The van der Waals surface area contributed by atoms with Gasteiger partial charge in [0.1, 0.15) is 18.1 Å². The molecule has 48 heavy (non-hydrogen) atoms. The number of amides is 1. The van der Waals surface area contributed by atoms with E-state index in [2.05, 4.69) is 40.5 Å². The lowest BCUT2D eigenvalue weighted by Gasteiger charge is -2.22. The van der Waals surface area contributed by atoms with E-state index in [1.807, 2.05) is 43.3 Å². The molecule has 1 saturated heterocycles. The van der Waals surface area contributed by atoms with Crippen molar-refractivity contribution < 1.29 is 19.4 Å². The molecule has 1 aliphatic rings. The molecular weight excluding hydrogens is 662 g/mol. The maximum atomic E-state index is 13.7. The summed E-state index contributed by atoms with van der Waals surface area (Å²) >= 11 is 8.93. The highest BCUT2D eigenvalue weighted by Crippen LogP contribution is 2.44. The molecule has 5 aromatic carbocycles. The second-order valence-corrected chi connectivity index (χ2v) is 13.9. The van der Waals surface area contributed by atoms with E-state index in [1.165, 1.54) is 28.0 Å². The zero-order valence-corrected chi connectivity index (χ0v) is 28.1. The number of ketones is 1. The number of halogens is 1. The van der Waals surface area contributed by atoms with Gasteiger partial charge in [-0.3, -0.25) is 14.5 Å². The van der Waals surface area contributed by atoms with Gasteiger partial charge in [0, 0.05) is 16.3 Å². The number of fused-ring (bicyclic) bond motifs is 1. The standard InChI is InChI=1S/C38H28ClN3O4S2/c1-23-6-4-7-24(20-23)21-46-30-18-14-27(15-19-30)34(43)32-33(26-12-16-29(39)17-13-26)42(36(45)35(32)44)37-40-41-38(48-37)47-22-28-10-5-9-25-8-2-3-11-31(25)28/h2-20,33,43H,21-22H2,1H3. The number of thioether (sulfide) groups is 1.